The average Bonchev–Trinajstić information content (AvgIpc) is 2.85. The van der Waals surface area contributed by atoms with Crippen LogP contribution >= 0.6 is 0 Å². The quantitative estimate of drug-likeness (QED) is 0.485. The van der Waals surface area contributed by atoms with Crippen LogP contribution in [0.25, 0.3) is 11.1 Å². The van der Waals surface area contributed by atoms with Gasteiger partial charge in [0.1, 0.15) is 17.2 Å². The van der Waals surface area contributed by atoms with Crippen molar-refractivity contribution in [2.75, 3.05) is 5.75 Å². The van der Waals surface area contributed by atoms with E-state index in [2.05, 4.69) is 0 Å². The summed E-state index contributed by atoms with van der Waals surface area (Å²) < 4.78 is 39.8. The summed E-state index contributed by atoms with van der Waals surface area (Å²) in [5.41, 5.74) is 8.91. The summed E-state index contributed by atoms with van der Waals surface area (Å²) in [6.45, 7) is 5.55. The van der Waals surface area contributed by atoms with E-state index in [0.29, 0.717) is 28.4 Å². The molecular formula is C28H34N2O5S. The van der Waals surface area contributed by atoms with Crippen molar-refractivity contribution in [2.24, 2.45) is 12.8 Å². The molecule has 36 heavy (non-hydrogen) atoms. The van der Waals surface area contributed by atoms with Gasteiger partial charge in [0.15, 0.2) is 9.84 Å². The normalized spacial score (nSPS) is 18.1. The van der Waals surface area contributed by atoms with E-state index in [1.807, 2.05) is 32.0 Å². The van der Waals surface area contributed by atoms with Gasteiger partial charge >= 0.3 is 0 Å². The lowest BCUT2D eigenvalue weighted by Crippen LogP contribution is -2.32. The molecule has 0 bridgehead atoms. The number of benzene rings is 2. The fraction of sp³-hybridized carbons (Fsp3) is 0.393. The van der Waals surface area contributed by atoms with Crippen LogP contribution in [0.1, 0.15) is 43.7 Å². The molecule has 4 rings (SSSR count). The molecule has 0 saturated heterocycles. The van der Waals surface area contributed by atoms with Crippen LogP contribution in [0.4, 0.5) is 0 Å². The Morgan fingerprint density at radius 1 is 0.972 bits per heavy atom. The summed E-state index contributed by atoms with van der Waals surface area (Å²) in [4.78, 5) is 12.8. The topological polar surface area (TPSA) is 101 Å². The highest BCUT2D eigenvalue weighted by molar-refractivity contribution is 7.91. The zero-order valence-corrected chi connectivity index (χ0v) is 22.1. The summed E-state index contributed by atoms with van der Waals surface area (Å²) in [6, 6.07) is 12.4. The maximum atomic E-state index is 12.8. The predicted molar refractivity (Wildman–Crippen MR) is 142 cm³/mol. The van der Waals surface area contributed by atoms with Crippen molar-refractivity contribution in [3.8, 4) is 28.4 Å². The molecule has 1 aromatic heterocycles. The molecule has 1 heterocycles. The molecule has 8 heteroatoms. The lowest BCUT2D eigenvalue weighted by atomic mass is 9.93. The Morgan fingerprint density at radius 2 is 1.64 bits per heavy atom. The van der Waals surface area contributed by atoms with E-state index in [9.17, 15) is 13.2 Å². The second-order valence-electron chi connectivity index (χ2n) is 9.54. The summed E-state index contributed by atoms with van der Waals surface area (Å²) >= 11 is 0. The Labute approximate surface area is 212 Å². The van der Waals surface area contributed by atoms with Crippen LogP contribution in [-0.2, 0) is 16.9 Å². The number of aryl methyl sites for hydroxylation is 3. The lowest BCUT2D eigenvalue weighted by Gasteiger charge is -2.28. The summed E-state index contributed by atoms with van der Waals surface area (Å²) in [6.07, 6.45) is 4.92. The maximum absolute atomic E-state index is 12.8. The molecule has 2 aromatic carbocycles. The van der Waals surface area contributed by atoms with Crippen LogP contribution in [0.3, 0.4) is 0 Å². The fourth-order valence-corrected chi connectivity index (χ4v) is 5.44. The third-order valence-corrected chi connectivity index (χ3v) is 8.54. The van der Waals surface area contributed by atoms with Gasteiger partial charge in [-0.05, 0) is 68.9 Å². The number of pyridine rings is 1. The monoisotopic (exact) mass is 510 g/mol. The van der Waals surface area contributed by atoms with Crippen LogP contribution < -0.4 is 20.8 Å². The van der Waals surface area contributed by atoms with Gasteiger partial charge in [-0.2, -0.15) is 0 Å². The van der Waals surface area contributed by atoms with Gasteiger partial charge in [0.25, 0.3) is 5.56 Å². The Morgan fingerprint density at radius 3 is 2.28 bits per heavy atom. The summed E-state index contributed by atoms with van der Waals surface area (Å²) in [7, 11) is -1.82. The standard InChI is InChI=1S/C28H34N2O5S/c1-5-36(32,33)22-13-14-25(35-28-18(2)7-6-8-19(28)3)23(15-22)24-17-30(4)27(31)16-26(24)34-21-11-9-20(29)10-12-21/h6-8,13-17,20-21H,5,9-12,29H2,1-4H3/t20-,21-. The molecule has 3 aromatic rings. The van der Waals surface area contributed by atoms with Crippen molar-refractivity contribution >= 4 is 9.84 Å². The molecule has 0 aliphatic heterocycles. The molecule has 192 valence electrons. The Bertz CT molecular complexity index is 1400. The van der Waals surface area contributed by atoms with Gasteiger partial charge in [0, 0.05) is 36.5 Å². The molecule has 0 spiro atoms. The van der Waals surface area contributed by atoms with E-state index in [1.54, 1.807) is 38.4 Å². The summed E-state index contributed by atoms with van der Waals surface area (Å²) in [5, 5.41) is 0. The second-order valence-corrected chi connectivity index (χ2v) is 11.8. The maximum Gasteiger partial charge on any atom is 0.254 e. The van der Waals surface area contributed by atoms with Crippen molar-refractivity contribution < 1.29 is 17.9 Å². The highest BCUT2D eigenvalue weighted by Gasteiger charge is 2.24. The number of ether oxygens (including phenoxy) is 2. The number of nitrogens with zero attached hydrogens (tertiary/aromatic N) is 1. The SMILES string of the molecule is CCS(=O)(=O)c1ccc(Oc2c(C)cccc2C)c(-c2cn(C)c(=O)cc2O[C@H]2CC[C@H](N)CC2)c1. The Balaban J connectivity index is 1.88. The number of rotatable bonds is 7. The molecule has 1 fully saturated rings. The van der Waals surface area contributed by atoms with Gasteiger partial charge in [-0.1, -0.05) is 25.1 Å². The molecule has 1 saturated carbocycles. The van der Waals surface area contributed by atoms with E-state index in [1.165, 1.54) is 10.6 Å². The molecule has 2 N–H and O–H groups in total. The number of hydrogen-bond acceptors (Lipinski definition) is 6. The van der Waals surface area contributed by atoms with E-state index < -0.39 is 9.84 Å². The Kier molecular flexibility index (Phi) is 7.57. The van der Waals surface area contributed by atoms with Crippen LogP contribution in [0.15, 0.2) is 58.4 Å². The van der Waals surface area contributed by atoms with E-state index in [-0.39, 0.29) is 28.4 Å². The van der Waals surface area contributed by atoms with Crippen LogP contribution in [-0.4, -0.2) is 30.9 Å². The molecule has 0 atom stereocenters. The zero-order valence-electron chi connectivity index (χ0n) is 21.3. The number of para-hydroxylation sites is 1. The van der Waals surface area contributed by atoms with Gasteiger partial charge in [-0.15, -0.1) is 0 Å². The van der Waals surface area contributed by atoms with E-state index in [4.69, 9.17) is 15.2 Å². The first-order valence-electron chi connectivity index (χ1n) is 12.3. The van der Waals surface area contributed by atoms with Crippen LogP contribution in [0.5, 0.6) is 17.2 Å². The van der Waals surface area contributed by atoms with Crippen LogP contribution in [0.2, 0.25) is 0 Å². The van der Waals surface area contributed by atoms with Crippen molar-refractivity contribution in [3.63, 3.8) is 0 Å². The number of sulfone groups is 1. The smallest absolute Gasteiger partial charge is 0.254 e. The molecule has 0 unspecified atom stereocenters. The van der Waals surface area contributed by atoms with E-state index in [0.717, 1.165) is 36.8 Å². The largest absolute Gasteiger partial charge is 0.490 e. The third-order valence-electron chi connectivity index (χ3n) is 6.80. The van der Waals surface area contributed by atoms with Gasteiger partial charge in [0.05, 0.1) is 16.8 Å². The minimum absolute atomic E-state index is 0.0253. The first-order valence-corrected chi connectivity index (χ1v) is 14.0. The summed E-state index contributed by atoms with van der Waals surface area (Å²) in [5.74, 6) is 1.58. The van der Waals surface area contributed by atoms with Crippen molar-refractivity contribution in [1.29, 1.82) is 0 Å². The number of nitrogens with two attached hydrogens (primary N) is 1. The average molecular weight is 511 g/mol. The molecule has 1 aliphatic rings. The van der Waals surface area contributed by atoms with Gasteiger partial charge in [-0.25, -0.2) is 8.42 Å². The van der Waals surface area contributed by atoms with Crippen molar-refractivity contribution in [2.45, 2.75) is 63.5 Å². The van der Waals surface area contributed by atoms with Gasteiger partial charge in [-0.3, -0.25) is 4.79 Å². The van der Waals surface area contributed by atoms with Crippen LogP contribution in [0, 0.1) is 13.8 Å². The highest BCUT2D eigenvalue weighted by atomic mass is 32.2. The van der Waals surface area contributed by atoms with Gasteiger partial charge < -0.3 is 19.8 Å². The minimum atomic E-state index is -3.48. The predicted octanol–water partition coefficient (Wildman–Crippen LogP) is 4.90. The number of hydrogen-bond donors (Lipinski definition) is 1. The second kappa shape index (κ2) is 10.5. The van der Waals surface area contributed by atoms with Gasteiger partial charge in [0.2, 0.25) is 0 Å². The fourth-order valence-electron chi connectivity index (χ4n) is 4.54. The molecular weight excluding hydrogens is 476 g/mol. The van der Waals surface area contributed by atoms with Crippen molar-refractivity contribution in [1.82, 2.24) is 4.57 Å². The number of aromatic nitrogens is 1. The molecule has 0 radical (unpaired) electrons. The lowest BCUT2D eigenvalue weighted by molar-refractivity contribution is 0.147. The first kappa shape index (κ1) is 26.0. The molecule has 7 nitrogen and oxygen atoms in total. The molecule has 0 amide bonds. The highest BCUT2D eigenvalue weighted by Crippen LogP contribution is 2.41. The molecule has 1 aliphatic carbocycles. The third kappa shape index (κ3) is 5.50. The first-order chi connectivity index (χ1) is 17.1. The van der Waals surface area contributed by atoms with Crippen molar-refractivity contribution in [3.05, 3.63) is 70.1 Å². The van der Waals surface area contributed by atoms with E-state index >= 15 is 0 Å². The minimum Gasteiger partial charge on any atom is -0.490 e. The Hall–Kier alpha value is -3.10. The zero-order chi connectivity index (χ0) is 26.0.